The van der Waals surface area contributed by atoms with Gasteiger partial charge in [0, 0.05) is 12.4 Å². The monoisotopic (exact) mass is 395 g/mol. The lowest BCUT2D eigenvalue weighted by Gasteiger charge is -2.26. The van der Waals surface area contributed by atoms with Gasteiger partial charge < -0.3 is 9.84 Å². The van der Waals surface area contributed by atoms with E-state index >= 15 is 0 Å². The highest BCUT2D eigenvalue weighted by atomic mass is 16.5. The number of aliphatic carboxylic acids is 1. The minimum atomic E-state index is -1.07. The van der Waals surface area contributed by atoms with E-state index < -0.39 is 17.3 Å². The maximum atomic E-state index is 11.5. The maximum absolute atomic E-state index is 11.5. The Morgan fingerprint density at radius 3 is 2.48 bits per heavy atom. The molecular weight excluding hydrogens is 366 g/mol. The number of aromatic nitrogens is 1. The standard InChI is InChI=1S/C24H29NO4/c1-18(26)22(23(27)28)15-24(2,3)17-29-13-5-7-19-8-10-20(11-9-19)14-21-6-4-12-25-16-21/h4-12,16,22H,13-15,17H2,1-3H3,(H,27,28). The number of carboxylic acid groups (broad SMARTS) is 1. The van der Waals surface area contributed by atoms with Gasteiger partial charge in [0.2, 0.25) is 0 Å². The third-order valence-corrected chi connectivity index (χ3v) is 4.67. The summed E-state index contributed by atoms with van der Waals surface area (Å²) in [5.41, 5.74) is 3.11. The Labute approximate surface area is 172 Å². The first-order valence-corrected chi connectivity index (χ1v) is 9.72. The summed E-state index contributed by atoms with van der Waals surface area (Å²) in [6.07, 6.45) is 8.70. The summed E-state index contributed by atoms with van der Waals surface area (Å²) in [6.45, 7) is 5.96. The molecule has 0 amide bonds. The highest BCUT2D eigenvalue weighted by Gasteiger charge is 2.31. The van der Waals surface area contributed by atoms with Crippen molar-refractivity contribution < 1.29 is 19.4 Å². The summed E-state index contributed by atoms with van der Waals surface area (Å²) in [4.78, 5) is 26.8. The van der Waals surface area contributed by atoms with Crippen molar-refractivity contribution in [2.75, 3.05) is 13.2 Å². The van der Waals surface area contributed by atoms with Crippen molar-refractivity contribution in [3.63, 3.8) is 0 Å². The number of rotatable bonds is 11. The molecule has 1 aromatic heterocycles. The first-order chi connectivity index (χ1) is 13.8. The normalized spacial score (nSPS) is 12.8. The summed E-state index contributed by atoms with van der Waals surface area (Å²) in [5, 5.41) is 9.17. The van der Waals surface area contributed by atoms with E-state index in [1.807, 2.05) is 38.3 Å². The van der Waals surface area contributed by atoms with Crippen LogP contribution in [0.25, 0.3) is 6.08 Å². The predicted octanol–water partition coefficient (Wildman–Crippen LogP) is 4.41. The second-order valence-corrected chi connectivity index (χ2v) is 8.07. The van der Waals surface area contributed by atoms with Gasteiger partial charge in [-0.3, -0.25) is 14.6 Å². The molecule has 0 aliphatic rings. The molecule has 0 saturated heterocycles. The number of carboxylic acids is 1. The van der Waals surface area contributed by atoms with Crippen molar-refractivity contribution in [3.8, 4) is 0 Å². The van der Waals surface area contributed by atoms with Gasteiger partial charge in [0.05, 0.1) is 13.2 Å². The highest BCUT2D eigenvalue weighted by molar-refractivity contribution is 5.96. The third-order valence-electron chi connectivity index (χ3n) is 4.67. The van der Waals surface area contributed by atoms with Gasteiger partial charge in [0.15, 0.2) is 0 Å². The molecule has 1 aromatic carbocycles. The zero-order chi connectivity index (χ0) is 21.3. The Bertz CT molecular complexity index is 812. The molecule has 1 atom stereocenters. The van der Waals surface area contributed by atoms with Crippen molar-refractivity contribution >= 4 is 17.8 Å². The van der Waals surface area contributed by atoms with Crippen LogP contribution in [0.4, 0.5) is 0 Å². The topological polar surface area (TPSA) is 76.5 Å². The van der Waals surface area contributed by atoms with Crippen LogP contribution >= 0.6 is 0 Å². The first kappa shape index (κ1) is 22.5. The SMILES string of the molecule is CC(=O)C(CC(C)(C)COCC=Cc1ccc(Cc2cccnc2)cc1)C(=O)O. The molecule has 0 radical (unpaired) electrons. The number of ether oxygens (including phenoxy) is 1. The van der Waals surface area contributed by atoms with Gasteiger partial charge in [0.1, 0.15) is 11.7 Å². The van der Waals surface area contributed by atoms with Gasteiger partial charge in [0.25, 0.3) is 0 Å². The molecule has 29 heavy (non-hydrogen) atoms. The van der Waals surface area contributed by atoms with Crippen LogP contribution in [0, 0.1) is 11.3 Å². The number of pyridine rings is 1. The van der Waals surface area contributed by atoms with E-state index in [2.05, 4.69) is 35.3 Å². The number of hydrogen-bond donors (Lipinski definition) is 1. The summed E-state index contributed by atoms with van der Waals surface area (Å²) >= 11 is 0. The smallest absolute Gasteiger partial charge is 0.314 e. The van der Waals surface area contributed by atoms with Gasteiger partial charge in [-0.1, -0.05) is 56.3 Å². The molecule has 5 nitrogen and oxygen atoms in total. The molecule has 1 unspecified atom stereocenters. The fourth-order valence-corrected chi connectivity index (χ4v) is 3.09. The van der Waals surface area contributed by atoms with Crippen molar-refractivity contribution in [1.29, 1.82) is 0 Å². The van der Waals surface area contributed by atoms with Gasteiger partial charge in [-0.15, -0.1) is 0 Å². The minimum Gasteiger partial charge on any atom is -0.481 e. The molecule has 0 bridgehead atoms. The van der Waals surface area contributed by atoms with Crippen molar-refractivity contribution in [1.82, 2.24) is 4.98 Å². The summed E-state index contributed by atoms with van der Waals surface area (Å²) < 4.78 is 5.69. The van der Waals surface area contributed by atoms with Gasteiger partial charge >= 0.3 is 5.97 Å². The lowest BCUT2D eigenvalue weighted by Crippen LogP contribution is -2.30. The number of carbonyl (C=O) groups is 2. The lowest BCUT2D eigenvalue weighted by atomic mass is 9.82. The molecule has 0 spiro atoms. The zero-order valence-corrected chi connectivity index (χ0v) is 17.3. The van der Waals surface area contributed by atoms with Crippen LogP contribution in [-0.2, 0) is 20.7 Å². The molecule has 2 rings (SSSR count). The van der Waals surface area contributed by atoms with E-state index in [0.717, 1.165) is 12.0 Å². The summed E-state index contributed by atoms with van der Waals surface area (Å²) in [7, 11) is 0. The van der Waals surface area contributed by atoms with Crippen LogP contribution in [0.3, 0.4) is 0 Å². The van der Waals surface area contributed by atoms with E-state index in [4.69, 9.17) is 9.84 Å². The number of ketones is 1. The third kappa shape index (κ3) is 8.00. The Balaban J connectivity index is 1.78. The largest absolute Gasteiger partial charge is 0.481 e. The van der Waals surface area contributed by atoms with Crippen LogP contribution in [-0.4, -0.2) is 35.1 Å². The van der Waals surface area contributed by atoms with E-state index in [0.29, 0.717) is 13.2 Å². The molecule has 1 heterocycles. The Morgan fingerprint density at radius 1 is 1.17 bits per heavy atom. The van der Waals surface area contributed by atoms with Gasteiger partial charge in [-0.05, 0) is 47.9 Å². The zero-order valence-electron chi connectivity index (χ0n) is 17.3. The molecule has 5 heteroatoms. The average molecular weight is 395 g/mol. The molecule has 1 N–H and O–H groups in total. The highest BCUT2D eigenvalue weighted by Crippen LogP contribution is 2.26. The quantitative estimate of drug-likeness (QED) is 0.450. The van der Waals surface area contributed by atoms with Crippen molar-refractivity contribution in [3.05, 3.63) is 71.6 Å². The Hall–Kier alpha value is -2.79. The molecule has 0 fully saturated rings. The minimum absolute atomic E-state index is 0.264. The second-order valence-electron chi connectivity index (χ2n) is 8.07. The fourth-order valence-electron chi connectivity index (χ4n) is 3.09. The van der Waals surface area contributed by atoms with Gasteiger partial charge in [-0.25, -0.2) is 0 Å². The molecule has 154 valence electrons. The molecule has 2 aromatic rings. The average Bonchev–Trinajstić information content (AvgIpc) is 2.67. The second kappa shape index (κ2) is 10.7. The fraction of sp³-hybridized carbons (Fsp3) is 0.375. The van der Waals surface area contributed by atoms with Crippen molar-refractivity contribution in [2.24, 2.45) is 11.3 Å². The number of Topliss-reactive ketones (excluding diaryl/α,β-unsaturated/α-hetero) is 1. The van der Waals surface area contributed by atoms with Crippen molar-refractivity contribution in [2.45, 2.75) is 33.6 Å². The summed E-state index contributed by atoms with van der Waals surface area (Å²) in [6, 6.07) is 12.3. The Morgan fingerprint density at radius 2 is 1.90 bits per heavy atom. The van der Waals surface area contributed by atoms with Crippen LogP contribution in [0.2, 0.25) is 0 Å². The first-order valence-electron chi connectivity index (χ1n) is 9.72. The predicted molar refractivity (Wildman–Crippen MR) is 114 cm³/mol. The van der Waals surface area contributed by atoms with E-state index in [9.17, 15) is 9.59 Å². The number of carbonyl (C=O) groups excluding carboxylic acids is 1. The molecule has 0 aliphatic heterocycles. The molecular formula is C24H29NO4. The van der Waals surface area contributed by atoms with Crippen LogP contribution in [0.15, 0.2) is 54.9 Å². The van der Waals surface area contributed by atoms with Crippen LogP contribution < -0.4 is 0 Å². The van der Waals surface area contributed by atoms with E-state index in [1.54, 1.807) is 6.20 Å². The van der Waals surface area contributed by atoms with E-state index in [1.165, 1.54) is 18.1 Å². The van der Waals surface area contributed by atoms with E-state index in [-0.39, 0.29) is 12.2 Å². The Kier molecular flexibility index (Phi) is 8.28. The maximum Gasteiger partial charge on any atom is 0.314 e. The number of nitrogens with zero attached hydrogens (tertiary/aromatic N) is 1. The van der Waals surface area contributed by atoms with Crippen LogP contribution in [0.1, 0.15) is 43.9 Å². The van der Waals surface area contributed by atoms with Gasteiger partial charge in [-0.2, -0.15) is 0 Å². The number of benzene rings is 1. The molecule has 0 saturated carbocycles. The van der Waals surface area contributed by atoms with Crippen LogP contribution in [0.5, 0.6) is 0 Å². The molecule has 0 aliphatic carbocycles. The summed E-state index contributed by atoms with van der Waals surface area (Å²) in [5.74, 6) is -2.37. The number of hydrogen-bond acceptors (Lipinski definition) is 4. The lowest BCUT2D eigenvalue weighted by molar-refractivity contribution is -0.147.